The number of rotatable bonds is 7. The Morgan fingerprint density at radius 1 is 1.38 bits per heavy atom. The SMILES string of the molecule is CCc1nsc(Sc2c(Cl)cccc2CNCC(C)C)n1. The molecule has 0 amide bonds. The lowest BCUT2D eigenvalue weighted by Gasteiger charge is -2.12. The maximum atomic E-state index is 6.37. The van der Waals surface area contributed by atoms with Crippen molar-refractivity contribution in [3.63, 3.8) is 0 Å². The summed E-state index contributed by atoms with van der Waals surface area (Å²) in [5.41, 5.74) is 1.21. The monoisotopic (exact) mass is 341 g/mol. The third kappa shape index (κ3) is 4.95. The Hall–Kier alpha value is -0.620. The average molecular weight is 342 g/mol. The van der Waals surface area contributed by atoms with E-state index >= 15 is 0 Å². The third-order valence-electron chi connectivity index (χ3n) is 2.87. The molecule has 0 atom stereocenters. The summed E-state index contributed by atoms with van der Waals surface area (Å²) >= 11 is 9.42. The summed E-state index contributed by atoms with van der Waals surface area (Å²) in [7, 11) is 0. The number of aromatic nitrogens is 2. The molecule has 0 bridgehead atoms. The Labute approximate surface area is 139 Å². The van der Waals surface area contributed by atoms with Gasteiger partial charge in [-0.05, 0) is 35.6 Å². The first-order valence-corrected chi connectivity index (χ1v) is 9.05. The first kappa shape index (κ1) is 16.7. The quantitative estimate of drug-likeness (QED) is 0.795. The van der Waals surface area contributed by atoms with Crippen molar-refractivity contribution in [1.82, 2.24) is 14.7 Å². The van der Waals surface area contributed by atoms with Crippen LogP contribution in [0.3, 0.4) is 0 Å². The summed E-state index contributed by atoms with van der Waals surface area (Å²) in [5, 5.41) is 4.24. The van der Waals surface area contributed by atoms with E-state index in [0.29, 0.717) is 5.92 Å². The van der Waals surface area contributed by atoms with Crippen molar-refractivity contribution in [2.45, 2.75) is 43.0 Å². The fraction of sp³-hybridized carbons (Fsp3) is 0.467. The summed E-state index contributed by atoms with van der Waals surface area (Å²) < 4.78 is 5.28. The topological polar surface area (TPSA) is 37.8 Å². The molecule has 0 saturated heterocycles. The van der Waals surface area contributed by atoms with Crippen LogP contribution >= 0.6 is 34.9 Å². The largest absolute Gasteiger partial charge is 0.312 e. The van der Waals surface area contributed by atoms with E-state index in [1.165, 1.54) is 17.1 Å². The van der Waals surface area contributed by atoms with Gasteiger partial charge in [0, 0.05) is 17.9 Å². The number of aryl methyl sites for hydroxylation is 1. The predicted octanol–water partition coefficient (Wildman–Crippen LogP) is 4.65. The van der Waals surface area contributed by atoms with E-state index < -0.39 is 0 Å². The number of nitrogens with one attached hydrogen (secondary N) is 1. The van der Waals surface area contributed by atoms with Gasteiger partial charge in [-0.2, -0.15) is 4.37 Å². The Balaban J connectivity index is 2.13. The number of hydrogen-bond acceptors (Lipinski definition) is 5. The molecule has 1 aromatic carbocycles. The van der Waals surface area contributed by atoms with Crippen molar-refractivity contribution < 1.29 is 0 Å². The van der Waals surface area contributed by atoms with E-state index in [1.54, 1.807) is 11.8 Å². The van der Waals surface area contributed by atoms with Gasteiger partial charge < -0.3 is 5.32 Å². The van der Waals surface area contributed by atoms with E-state index in [2.05, 4.69) is 41.5 Å². The predicted molar refractivity (Wildman–Crippen MR) is 91.4 cm³/mol. The highest BCUT2D eigenvalue weighted by molar-refractivity contribution is 8.01. The van der Waals surface area contributed by atoms with Gasteiger partial charge in [0.2, 0.25) is 0 Å². The van der Waals surface area contributed by atoms with Crippen LogP contribution in [-0.4, -0.2) is 15.9 Å². The molecule has 0 fully saturated rings. The van der Waals surface area contributed by atoms with Gasteiger partial charge >= 0.3 is 0 Å². The molecule has 1 heterocycles. The highest BCUT2D eigenvalue weighted by atomic mass is 35.5. The van der Waals surface area contributed by atoms with E-state index in [-0.39, 0.29) is 0 Å². The molecule has 0 spiro atoms. The van der Waals surface area contributed by atoms with Crippen molar-refractivity contribution in [2.75, 3.05) is 6.54 Å². The molecule has 1 aromatic heterocycles. The van der Waals surface area contributed by atoms with Gasteiger partial charge in [-0.25, -0.2) is 4.98 Å². The van der Waals surface area contributed by atoms with Crippen LogP contribution in [0.25, 0.3) is 0 Å². The third-order valence-corrected chi connectivity index (χ3v) is 5.27. The maximum Gasteiger partial charge on any atom is 0.174 e. The van der Waals surface area contributed by atoms with Crippen LogP contribution in [0, 0.1) is 5.92 Å². The van der Waals surface area contributed by atoms with Crippen molar-refractivity contribution in [3.05, 3.63) is 34.6 Å². The highest BCUT2D eigenvalue weighted by Gasteiger charge is 2.12. The number of benzene rings is 1. The first-order valence-electron chi connectivity index (χ1n) is 7.08. The van der Waals surface area contributed by atoms with E-state index in [0.717, 1.165) is 39.6 Å². The molecule has 6 heteroatoms. The molecule has 2 aromatic rings. The molecule has 1 N–H and O–H groups in total. The summed E-state index contributed by atoms with van der Waals surface area (Å²) in [5.74, 6) is 1.53. The van der Waals surface area contributed by atoms with Crippen molar-refractivity contribution in [2.24, 2.45) is 5.92 Å². The van der Waals surface area contributed by atoms with Gasteiger partial charge in [-0.3, -0.25) is 0 Å². The average Bonchev–Trinajstić information content (AvgIpc) is 2.90. The second-order valence-corrected chi connectivity index (χ2v) is 7.60. The fourth-order valence-corrected chi connectivity index (χ4v) is 3.90. The molecular weight excluding hydrogens is 322 g/mol. The Kier molecular flexibility index (Phi) is 6.48. The standard InChI is InChI=1S/C15H20ClN3S2/c1-4-13-18-15(21-19-13)20-14-11(6-5-7-12(14)16)9-17-8-10(2)3/h5-7,10,17H,4,8-9H2,1-3H3. The van der Waals surface area contributed by atoms with Gasteiger partial charge in [0.15, 0.2) is 4.34 Å². The zero-order valence-corrected chi connectivity index (χ0v) is 14.9. The molecule has 0 aliphatic heterocycles. The van der Waals surface area contributed by atoms with Crippen LogP contribution in [0.4, 0.5) is 0 Å². The second kappa shape index (κ2) is 8.13. The second-order valence-electron chi connectivity index (χ2n) is 5.18. The number of nitrogens with zero attached hydrogens (tertiary/aromatic N) is 2. The minimum atomic E-state index is 0.635. The van der Waals surface area contributed by atoms with E-state index in [1.807, 2.05) is 12.1 Å². The molecule has 0 saturated carbocycles. The van der Waals surface area contributed by atoms with E-state index in [9.17, 15) is 0 Å². The Bertz CT molecular complexity index is 584. The van der Waals surface area contributed by atoms with Crippen LogP contribution in [0.15, 0.2) is 27.4 Å². The van der Waals surface area contributed by atoms with Gasteiger partial charge in [0.25, 0.3) is 0 Å². The minimum absolute atomic E-state index is 0.635. The number of halogens is 1. The van der Waals surface area contributed by atoms with Gasteiger partial charge in [-0.1, -0.05) is 56.3 Å². The van der Waals surface area contributed by atoms with Crippen molar-refractivity contribution in [3.8, 4) is 0 Å². The number of hydrogen-bond donors (Lipinski definition) is 1. The molecule has 21 heavy (non-hydrogen) atoms. The van der Waals surface area contributed by atoms with Crippen LogP contribution in [-0.2, 0) is 13.0 Å². The Morgan fingerprint density at radius 2 is 2.19 bits per heavy atom. The lowest BCUT2D eigenvalue weighted by atomic mass is 10.2. The molecule has 3 nitrogen and oxygen atoms in total. The molecule has 2 rings (SSSR count). The lowest BCUT2D eigenvalue weighted by Crippen LogP contribution is -2.19. The highest BCUT2D eigenvalue weighted by Crippen LogP contribution is 2.36. The molecular formula is C15H20ClN3S2. The van der Waals surface area contributed by atoms with Crippen LogP contribution in [0.5, 0.6) is 0 Å². The van der Waals surface area contributed by atoms with Crippen LogP contribution < -0.4 is 5.32 Å². The molecule has 0 unspecified atom stereocenters. The zero-order chi connectivity index (χ0) is 15.2. The molecule has 0 radical (unpaired) electrons. The first-order chi connectivity index (χ1) is 10.1. The van der Waals surface area contributed by atoms with Crippen LogP contribution in [0.1, 0.15) is 32.2 Å². The Morgan fingerprint density at radius 3 is 2.86 bits per heavy atom. The summed E-state index contributed by atoms with van der Waals surface area (Å²) in [6, 6.07) is 6.04. The normalized spacial score (nSPS) is 11.3. The summed E-state index contributed by atoms with van der Waals surface area (Å²) in [4.78, 5) is 5.58. The lowest BCUT2D eigenvalue weighted by molar-refractivity contribution is 0.550. The fourth-order valence-electron chi connectivity index (χ4n) is 1.81. The van der Waals surface area contributed by atoms with Crippen molar-refractivity contribution >= 4 is 34.9 Å². The molecule has 0 aliphatic carbocycles. The van der Waals surface area contributed by atoms with Gasteiger partial charge in [-0.15, -0.1) is 0 Å². The minimum Gasteiger partial charge on any atom is -0.312 e. The molecule has 114 valence electrons. The zero-order valence-electron chi connectivity index (χ0n) is 12.5. The van der Waals surface area contributed by atoms with Gasteiger partial charge in [0.1, 0.15) is 5.82 Å². The maximum absolute atomic E-state index is 6.37. The van der Waals surface area contributed by atoms with Crippen LogP contribution in [0.2, 0.25) is 5.02 Å². The van der Waals surface area contributed by atoms with E-state index in [4.69, 9.17) is 11.6 Å². The van der Waals surface area contributed by atoms with Crippen molar-refractivity contribution in [1.29, 1.82) is 0 Å². The smallest absolute Gasteiger partial charge is 0.174 e. The van der Waals surface area contributed by atoms with Gasteiger partial charge in [0.05, 0.1) is 5.02 Å². The summed E-state index contributed by atoms with van der Waals surface area (Å²) in [6.07, 6.45) is 0.863. The molecule has 0 aliphatic rings. The summed E-state index contributed by atoms with van der Waals surface area (Å²) in [6.45, 7) is 8.28.